The van der Waals surface area contributed by atoms with Gasteiger partial charge in [0.15, 0.2) is 5.78 Å². The maximum atomic E-state index is 11.9. The maximum absolute atomic E-state index is 11.9. The first kappa shape index (κ1) is 20.5. The minimum atomic E-state index is -0.139. The molecule has 0 radical (unpaired) electrons. The molecule has 0 unspecified atom stereocenters. The first-order valence-electron chi connectivity index (χ1n) is 9.13. The van der Waals surface area contributed by atoms with Gasteiger partial charge in [-0.1, -0.05) is 24.3 Å². The van der Waals surface area contributed by atoms with Crippen LogP contribution in [0.1, 0.15) is 15.9 Å². The molecule has 30 heavy (non-hydrogen) atoms. The van der Waals surface area contributed by atoms with E-state index in [1.54, 1.807) is 48.5 Å². The second-order valence-corrected chi connectivity index (χ2v) is 6.52. The average Bonchev–Trinajstić information content (AvgIpc) is 2.76. The molecule has 0 amide bonds. The number of hydrogen-bond donors (Lipinski definition) is 4. The van der Waals surface area contributed by atoms with Gasteiger partial charge in [-0.25, -0.2) is 0 Å². The summed E-state index contributed by atoms with van der Waals surface area (Å²) in [5, 5.41) is 36.4. The van der Waals surface area contributed by atoms with Crippen molar-refractivity contribution in [1.29, 1.82) is 0 Å². The average molecular weight is 400 g/mol. The van der Waals surface area contributed by atoms with Crippen molar-refractivity contribution in [2.75, 3.05) is 0 Å². The van der Waals surface area contributed by atoms with Gasteiger partial charge < -0.3 is 20.4 Å². The van der Waals surface area contributed by atoms with Gasteiger partial charge in [0.1, 0.15) is 23.0 Å². The van der Waals surface area contributed by atoms with Crippen molar-refractivity contribution >= 4 is 5.78 Å². The first-order chi connectivity index (χ1) is 14.4. The van der Waals surface area contributed by atoms with Crippen molar-refractivity contribution in [1.82, 2.24) is 0 Å². The zero-order valence-corrected chi connectivity index (χ0v) is 15.9. The van der Waals surface area contributed by atoms with E-state index in [-0.39, 0.29) is 28.8 Å². The highest BCUT2D eigenvalue weighted by Crippen LogP contribution is 2.23. The Morgan fingerprint density at radius 2 is 0.633 bits per heavy atom. The summed E-state index contributed by atoms with van der Waals surface area (Å²) in [6, 6.07) is 26.0. The molecule has 0 bridgehead atoms. The Hall–Kier alpha value is -4.25. The van der Waals surface area contributed by atoms with Gasteiger partial charge in [-0.2, -0.15) is 0 Å². The second kappa shape index (κ2) is 9.30. The standard InChI is InChI=1S/C13H10O3.C12H10O2/c14-11-5-1-9(2-6-11)13(16)10-3-7-12(15)8-4-10;13-11-5-1-9(2-6-11)10-3-7-12(14)8-4-10/h1-8,14-15H;1-8,13-14H. The van der Waals surface area contributed by atoms with Gasteiger partial charge in [0.2, 0.25) is 0 Å². The second-order valence-electron chi connectivity index (χ2n) is 6.52. The summed E-state index contributed by atoms with van der Waals surface area (Å²) in [4.78, 5) is 11.9. The van der Waals surface area contributed by atoms with Crippen LogP contribution in [0, 0.1) is 0 Å². The van der Waals surface area contributed by atoms with E-state index in [9.17, 15) is 4.79 Å². The Morgan fingerprint density at radius 1 is 0.400 bits per heavy atom. The Bertz CT molecular complexity index is 1010. The van der Waals surface area contributed by atoms with Gasteiger partial charge in [0, 0.05) is 11.1 Å². The summed E-state index contributed by atoms with van der Waals surface area (Å²) in [5.41, 5.74) is 3.04. The van der Waals surface area contributed by atoms with Crippen molar-refractivity contribution in [3.63, 3.8) is 0 Å². The van der Waals surface area contributed by atoms with Crippen LogP contribution in [0.5, 0.6) is 23.0 Å². The molecule has 4 rings (SSSR count). The van der Waals surface area contributed by atoms with Gasteiger partial charge >= 0.3 is 0 Å². The van der Waals surface area contributed by atoms with Crippen LogP contribution in [0.2, 0.25) is 0 Å². The smallest absolute Gasteiger partial charge is 0.193 e. The lowest BCUT2D eigenvalue weighted by molar-refractivity contribution is 0.103. The number of rotatable bonds is 3. The SMILES string of the molecule is O=C(c1ccc(O)cc1)c1ccc(O)cc1.Oc1ccc(-c2ccc(O)cc2)cc1. The van der Waals surface area contributed by atoms with Crippen molar-refractivity contribution < 1.29 is 25.2 Å². The van der Waals surface area contributed by atoms with E-state index in [0.717, 1.165) is 11.1 Å². The van der Waals surface area contributed by atoms with E-state index in [0.29, 0.717) is 11.1 Å². The molecular weight excluding hydrogens is 380 g/mol. The highest BCUT2D eigenvalue weighted by Gasteiger charge is 2.08. The summed E-state index contributed by atoms with van der Waals surface area (Å²) in [6.07, 6.45) is 0. The molecule has 0 aliphatic rings. The number of phenolic OH excluding ortho intramolecular Hbond substituents is 4. The molecule has 0 aromatic heterocycles. The third kappa shape index (κ3) is 5.39. The number of phenols is 4. The lowest BCUT2D eigenvalue weighted by Gasteiger charge is -2.01. The van der Waals surface area contributed by atoms with Crippen LogP contribution >= 0.6 is 0 Å². The number of benzene rings is 4. The van der Waals surface area contributed by atoms with Crippen LogP contribution in [0.4, 0.5) is 0 Å². The monoisotopic (exact) mass is 400 g/mol. The molecule has 5 heteroatoms. The Kier molecular flexibility index (Phi) is 6.35. The molecular formula is C25H20O5. The summed E-state index contributed by atoms with van der Waals surface area (Å²) < 4.78 is 0. The number of carbonyl (C=O) groups is 1. The third-order valence-corrected chi connectivity index (χ3v) is 4.33. The van der Waals surface area contributed by atoms with Crippen molar-refractivity contribution in [3.8, 4) is 34.1 Å². The van der Waals surface area contributed by atoms with Crippen molar-refractivity contribution in [3.05, 3.63) is 108 Å². The fraction of sp³-hybridized carbons (Fsp3) is 0. The predicted molar refractivity (Wildman–Crippen MR) is 115 cm³/mol. The van der Waals surface area contributed by atoms with Crippen molar-refractivity contribution in [2.45, 2.75) is 0 Å². The van der Waals surface area contributed by atoms with Gasteiger partial charge in [0.05, 0.1) is 0 Å². The molecule has 0 atom stereocenters. The number of carbonyl (C=O) groups excluding carboxylic acids is 1. The van der Waals surface area contributed by atoms with Crippen LogP contribution in [-0.2, 0) is 0 Å². The first-order valence-corrected chi connectivity index (χ1v) is 9.13. The van der Waals surface area contributed by atoms with Crippen molar-refractivity contribution in [2.24, 2.45) is 0 Å². The third-order valence-electron chi connectivity index (χ3n) is 4.33. The zero-order chi connectivity index (χ0) is 21.5. The van der Waals surface area contributed by atoms with Gasteiger partial charge in [0.25, 0.3) is 0 Å². The topological polar surface area (TPSA) is 98.0 Å². The summed E-state index contributed by atoms with van der Waals surface area (Å²) in [7, 11) is 0. The summed E-state index contributed by atoms with van der Waals surface area (Å²) >= 11 is 0. The minimum absolute atomic E-state index is 0.127. The lowest BCUT2D eigenvalue weighted by atomic mass is 10.0. The molecule has 0 spiro atoms. The van der Waals surface area contributed by atoms with E-state index >= 15 is 0 Å². The van der Waals surface area contributed by atoms with E-state index in [2.05, 4.69) is 0 Å². The largest absolute Gasteiger partial charge is 0.508 e. The fourth-order valence-corrected chi connectivity index (χ4v) is 2.70. The Morgan fingerprint density at radius 3 is 0.900 bits per heavy atom. The molecule has 5 nitrogen and oxygen atoms in total. The van der Waals surface area contributed by atoms with Crippen LogP contribution in [0.15, 0.2) is 97.1 Å². The van der Waals surface area contributed by atoms with Crippen LogP contribution < -0.4 is 0 Å². The molecule has 4 N–H and O–H groups in total. The van der Waals surface area contributed by atoms with Crippen LogP contribution in [0.25, 0.3) is 11.1 Å². The molecule has 4 aromatic rings. The quantitative estimate of drug-likeness (QED) is 0.359. The molecule has 0 saturated heterocycles. The lowest BCUT2D eigenvalue weighted by Crippen LogP contribution is -2.00. The molecule has 0 saturated carbocycles. The molecule has 4 aromatic carbocycles. The predicted octanol–water partition coefficient (Wildman–Crippen LogP) is 5.09. The molecule has 0 aliphatic carbocycles. The summed E-state index contributed by atoms with van der Waals surface area (Å²) in [5.74, 6) is 0.629. The number of aromatic hydroxyl groups is 4. The fourth-order valence-electron chi connectivity index (χ4n) is 2.70. The molecule has 0 fully saturated rings. The van der Waals surface area contributed by atoms with E-state index in [1.807, 2.05) is 24.3 Å². The van der Waals surface area contributed by atoms with Crippen LogP contribution in [0.3, 0.4) is 0 Å². The van der Waals surface area contributed by atoms with Gasteiger partial charge in [-0.3, -0.25) is 4.79 Å². The normalized spacial score (nSPS) is 10.0. The highest BCUT2D eigenvalue weighted by atomic mass is 16.3. The number of ketones is 1. The van der Waals surface area contributed by atoms with E-state index < -0.39 is 0 Å². The van der Waals surface area contributed by atoms with Gasteiger partial charge in [-0.15, -0.1) is 0 Å². The maximum Gasteiger partial charge on any atom is 0.193 e. The molecule has 0 aliphatic heterocycles. The molecule has 0 heterocycles. The van der Waals surface area contributed by atoms with E-state index in [4.69, 9.17) is 20.4 Å². The van der Waals surface area contributed by atoms with E-state index in [1.165, 1.54) is 24.3 Å². The Labute approximate surface area is 173 Å². The Balaban J connectivity index is 0.000000172. The van der Waals surface area contributed by atoms with Gasteiger partial charge in [-0.05, 0) is 83.9 Å². The highest BCUT2D eigenvalue weighted by molar-refractivity contribution is 6.09. The van der Waals surface area contributed by atoms with Crippen LogP contribution in [-0.4, -0.2) is 26.2 Å². The summed E-state index contributed by atoms with van der Waals surface area (Å²) in [6.45, 7) is 0. The molecule has 150 valence electrons. The number of hydrogen-bond acceptors (Lipinski definition) is 5. The minimum Gasteiger partial charge on any atom is -0.508 e. The zero-order valence-electron chi connectivity index (χ0n) is 15.9.